The quantitative estimate of drug-likeness (QED) is 0.533. The molecule has 130 valence electrons. The number of nitrogens with zero attached hydrogens (tertiary/aromatic N) is 4. The van der Waals surface area contributed by atoms with Gasteiger partial charge >= 0.3 is 0 Å². The lowest BCUT2D eigenvalue weighted by Gasteiger charge is -2.09. The van der Waals surface area contributed by atoms with Crippen LogP contribution in [0.15, 0.2) is 64.7 Å². The van der Waals surface area contributed by atoms with E-state index in [1.807, 2.05) is 6.07 Å². The van der Waals surface area contributed by atoms with Gasteiger partial charge in [0.25, 0.3) is 11.1 Å². The number of aromatic nitrogens is 4. The van der Waals surface area contributed by atoms with Crippen LogP contribution < -0.4 is 11.1 Å². The van der Waals surface area contributed by atoms with Crippen LogP contribution in [-0.2, 0) is 6.54 Å². The predicted octanol–water partition coefficient (Wildman–Crippen LogP) is 2.90. The van der Waals surface area contributed by atoms with Crippen molar-refractivity contribution in [1.82, 2.24) is 19.1 Å². The average molecular weight is 346 g/mol. The summed E-state index contributed by atoms with van der Waals surface area (Å²) in [5.41, 5.74) is 1.60. The Morgan fingerprint density at radius 2 is 1.62 bits per heavy atom. The average Bonchev–Trinajstić information content (AvgIpc) is 2.68. The molecular formula is C20H18N4O2. The van der Waals surface area contributed by atoms with Gasteiger partial charge in [0.2, 0.25) is 0 Å². The van der Waals surface area contributed by atoms with Gasteiger partial charge in [-0.15, -0.1) is 0 Å². The Kier molecular flexibility index (Phi) is 4.08. The highest BCUT2D eigenvalue weighted by atomic mass is 16.1. The largest absolute Gasteiger partial charge is 0.315 e. The van der Waals surface area contributed by atoms with Crippen molar-refractivity contribution in [3.05, 3.63) is 75.8 Å². The normalized spacial score (nSPS) is 11.3. The minimum absolute atomic E-state index is 0.107. The first-order chi connectivity index (χ1) is 12.7. The molecule has 0 bridgehead atoms. The van der Waals surface area contributed by atoms with Crippen molar-refractivity contribution in [3.63, 3.8) is 0 Å². The molecule has 0 fully saturated rings. The molecule has 0 saturated carbocycles. The van der Waals surface area contributed by atoms with E-state index in [1.165, 1.54) is 4.57 Å². The van der Waals surface area contributed by atoms with Crippen molar-refractivity contribution in [2.24, 2.45) is 0 Å². The first-order valence-electron chi connectivity index (χ1n) is 8.65. The zero-order valence-corrected chi connectivity index (χ0v) is 14.4. The van der Waals surface area contributed by atoms with E-state index in [9.17, 15) is 9.59 Å². The Bertz CT molecular complexity index is 1210. The number of rotatable bonds is 4. The van der Waals surface area contributed by atoms with Crippen LogP contribution in [0.2, 0.25) is 0 Å². The van der Waals surface area contributed by atoms with Crippen molar-refractivity contribution in [2.45, 2.75) is 26.3 Å². The summed E-state index contributed by atoms with van der Waals surface area (Å²) >= 11 is 0. The van der Waals surface area contributed by atoms with Gasteiger partial charge in [0.1, 0.15) is 0 Å². The fraction of sp³-hybridized carbons (Fsp3) is 0.200. The van der Waals surface area contributed by atoms with E-state index in [4.69, 9.17) is 0 Å². The second-order valence-corrected chi connectivity index (χ2v) is 6.22. The van der Waals surface area contributed by atoms with E-state index >= 15 is 0 Å². The summed E-state index contributed by atoms with van der Waals surface area (Å²) in [6.45, 7) is 2.75. The molecule has 0 N–H and O–H groups in total. The molecule has 4 aromatic heterocycles. The van der Waals surface area contributed by atoms with E-state index in [0.29, 0.717) is 28.4 Å². The van der Waals surface area contributed by atoms with Crippen LogP contribution in [0.1, 0.15) is 19.8 Å². The molecule has 6 heteroatoms. The van der Waals surface area contributed by atoms with Crippen LogP contribution in [-0.4, -0.2) is 19.1 Å². The lowest BCUT2D eigenvalue weighted by atomic mass is 10.2. The molecule has 0 aliphatic carbocycles. The van der Waals surface area contributed by atoms with Crippen LogP contribution in [0.4, 0.5) is 0 Å². The third-order valence-corrected chi connectivity index (χ3v) is 4.51. The van der Waals surface area contributed by atoms with Crippen LogP contribution >= 0.6 is 0 Å². The lowest BCUT2D eigenvalue weighted by Crippen LogP contribution is -2.21. The smallest absolute Gasteiger partial charge is 0.264 e. The molecule has 0 aromatic carbocycles. The van der Waals surface area contributed by atoms with Gasteiger partial charge in [0, 0.05) is 31.3 Å². The van der Waals surface area contributed by atoms with Crippen molar-refractivity contribution < 1.29 is 0 Å². The Morgan fingerprint density at radius 1 is 0.923 bits per heavy atom. The molecule has 0 spiro atoms. The molecule has 6 nitrogen and oxygen atoms in total. The van der Waals surface area contributed by atoms with Crippen molar-refractivity contribution in [2.75, 3.05) is 0 Å². The molecule has 4 aromatic rings. The number of hydrogen-bond acceptors (Lipinski definition) is 4. The van der Waals surface area contributed by atoms with Gasteiger partial charge < -0.3 is 4.57 Å². The van der Waals surface area contributed by atoms with Crippen LogP contribution in [0.25, 0.3) is 27.5 Å². The summed E-state index contributed by atoms with van der Waals surface area (Å²) in [5, 5.41) is 0.905. The van der Waals surface area contributed by atoms with Crippen LogP contribution in [0.3, 0.4) is 0 Å². The second kappa shape index (κ2) is 6.55. The zero-order valence-electron chi connectivity index (χ0n) is 14.4. The molecule has 0 aliphatic rings. The topological polar surface area (TPSA) is 69.8 Å². The van der Waals surface area contributed by atoms with Gasteiger partial charge in [-0.25, -0.2) is 4.98 Å². The number of aryl methyl sites for hydroxylation is 1. The molecule has 0 radical (unpaired) electrons. The maximum atomic E-state index is 12.9. The minimum atomic E-state index is -0.202. The summed E-state index contributed by atoms with van der Waals surface area (Å²) in [6, 6.07) is 8.82. The molecule has 4 rings (SSSR count). The Labute approximate surface area is 149 Å². The maximum absolute atomic E-state index is 12.9. The monoisotopic (exact) mass is 346 g/mol. The van der Waals surface area contributed by atoms with Gasteiger partial charge in [-0.3, -0.25) is 19.1 Å². The lowest BCUT2D eigenvalue weighted by molar-refractivity contribution is 0.617. The van der Waals surface area contributed by atoms with E-state index in [-0.39, 0.29) is 11.1 Å². The summed E-state index contributed by atoms with van der Waals surface area (Å²) in [5.74, 6) is 0. The van der Waals surface area contributed by atoms with Crippen LogP contribution in [0.5, 0.6) is 0 Å². The molecule has 26 heavy (non-hydrogen) atoms. The molecule has 0 saturated heterocycles. The highest BCUT2D eigenvalue weighted by Gasteiger charge is 2.10. The van der Waals surface area contributed by atoms with Crippen molar-refractivity contribution in [1.29, 1.82) is 0 Å². The van der Waals surface area contributed by atoms with Gasteiger partial charge in [0.15, 0.2) is 0 Å². The van der Waals surface area contributed by atoms with Gasteiger partial charge in [-0.2, -0.15) is 0 Å². The summed E-state index contributed by atoms with van der Waals surface area (Å²) in [4.78, 5) is 34.2. The van der Waals surface area contributed by atoms with Crippen LogP contribution in [0, 0.1) is 0 Å². The Hall–Kier alpha value is -3.28. The number of hydrogen-bond donors (Lipinski definition) is 0. The Morgan fingerprint density at radius 3 is 2.35 bits per heavy atom. The zero-order chi connectivity index (χ0) is 18.1. The van der Waals surface area contributed by atoms with E-state index in [2.05, 4.69) is 16.9 Å². The number of pyridine rings is 4. The number of fused-ring (bicyclic) bond motifs is 2. The summed E-state index contributed by atoms with van der Waals surface area (Å²) in [7, 11) is 0. The van der Waals surface area contributed by atoms with Crippen molar-refractivity contribution in [3.8, 4) is 5.69 Å². The Balaban J connectivity index is 1.96. The third-order valence-electron chi connectivity index (χ3n) is 4.51. The van der Waals surface area contributed by atoms with E-state index in [0.717, 1.165) is 18.5 Å². The highest BCUT2D eigenvalue weighted by Crippen LogP contribution is 2.15. The summed E-state index contributed by atoms with van der Waals surface area (Å²) < 4.78 is 3.22. The number of unbranched alkanes of at least 4 members (excludes halogenated alkanes) is 1. The molecule has 0 unspecified atom stereocenters. The SMILES string of the molecule is CCCCn1ccc2nc3ccn(-c4ccncc4)c(=O)c3cc2c1=O. The molecular weight excluding hydrogens is 328 g/mol. The molecule has 0 amide bonds. The first kappa shape index (κ1) is 16.2. The van der Waals surface area contributed by atoms with Gasteiger partial charge in [-0.1, -0.05) is 13.3 Å². The fourth-order valence-corrected chi connectivity index (χ4v) is 3.08. The maximum Gasteiger partial charge on any atom is 0.264 e. The van der Waals surface area contributed by atoms with Gasteiger partial charge in [0.05, 0.1) is 27.5 Å². The first-order valence-corrected chi connectivity index (χ1v) is 8.65. The van der Waals surface area contributed by atoms with Crippen molar-refractivity contribution >= 4 is 21.8 Å². The van der Waals surface area contributed by atoms with Gasteiger partial charge in [-0.05, 0) is 36.8 Å². The van der Waals surface area contributed by atoms with E-state index in [1.54, 1.807) is 53.6 Å². The minimum Gasteiger partial charge on any atom is -0.315 e. The molecule has 4 heterocycles. The second-order valence-electron chi connectivity index (χ2n) is 6.22. The fourth-order valence-electron chi connectivity index (χ4n) is 3.08. The highest BCUT2D eigenvalue weighted by molar-refractivity contribution is 5.91. The summed E-state index contributed by atoms with van der Waals surface area (Å²) in [6.07, 6.45) is 8.69. The third kappa shape index (κ3) is 2.69. The molecule has 0 aliphatic heterocycles. The molecule has 0 atom stereocenters. The standard InChI is InChI=1S/C20H18N4O2/c1-2-3-10-23-11-6-17-15(19(23)25)13-16-18(22-17)7-12-24(20(16)26)14-4-8-21-9-5-14/h4-9,11-13H,2-3,10H2,1H3. The predicted molar refractivity (Wildman–Crippen MR) is 102 cm³/mol. The van der Waals surface area contributed by atoms with E-state index < -0.39 is 0 Å².